The predicted molar refractivity (Wildman–Crippen MR) is 87.8 cm³/mol. The summed E-state index contributed by atoms with van der Waals surface area (Å²) in [4.78, 5) is 4.42. The molecule has 0 fully saturated rings. The van der Waals surface area contributed by atoms with Crippen molar-refractivity contribution in [2.24, 2.45) is 5.92 Å². The summed E-state index contributed by atoms with van der Waals surface area (Å²) < 4.78 is 14.8. The lowest BCUT2D eigenvalue weighted by atomic mass is 9.94. The van der Waals surface area contributed by atoms with Gasteiger partial charge in [0.2, 0.25) is 0 Å². The van der Waals surface area contributed by atoms with Gasteiger partial charge in [-0.05, 0) is 71.5 Å². The minimum atomic E-state index is -0.122. The van der Waals surface area contributed by atoms with Crippen LogP contribution in [0.15, 0.2) is 47.1 Å². The highest BCUT2D eigenvalue weighted by Crippen LogP contribution is 2.17. The van der Waals surface area contributed by atoms with Crippen LogP contribution in [0.2, 0.25) is 0 Å². The molecular weight excluding hydrogens is 331 g/mol. The topological polar surface area (TPSA) is 24.9 Å². The molecule has 1 atom stereocenters. The van der Waals surface area contributed by atoms with Gasteiger partial charge in [0.25, 0.3) is 0 Å². The van der Waals surface area contributed by atoms with E-state index in [0.29, 0.717) is 5.92 Å². The highest BCUT2D eigenvalue weighted by atomic mass is 79.9. The molecule has 0 aliphatic rings. The fourth-order valence-electron chi connectivity index (χ4n) is 2.36. The van der Waals surface area contributed by atoms with Crippen molar-refractivity contribution in [2.45, 2.75) is 19.8 Å². The lowest BCUT2D eigenvalue weighted by molar-refractivity contribution is 0.463. The number of halogens is 2. The van der Waals surface area contributed by atoms with Gasteiger partial charge in [-0.2, -0.15) is 0 Å². The van der Waals surface area contributed by atoms with Crippen molar-refractivity contribution in [3.8, 4) is 0 Å². The average molecular weight is 351 g/mol. The summed E-state index contributed by atoms with van der Waals surface area (Å²) in [5.74, 6) is 0.207. The van der Waals surface area contributed by atoms with Crippen molar-refractivity contribution in [1.29, 1.82) is 0 Å². The molecule has 4 heteroatoms. The fourth-order valence-corrected chi connectivity index (χ4v) is 2.60. The van der Waals surface area contributed by atoms with Crippen LogP contribution >= 0.6 is 15.9 Å². The Morgan fingerprint density at radius 2 is 2.00 bits per heavy atom. The molecular formula is C17H20BrFN2. The minimum Gasteiger partial charge on any atom is -0.317 e. The largest absolute Gasteiger partial charge is 0.317 e. The summed E-state index contributed by atoms with van der Waals surface area (Å²) in [6.07, 6.45) is 3.37. The molecule has 0 saturated carbocycles. The highest BCUT2D eigenvalue weighted by Gasteiger charge is 2.13. The Kier molecular flexibility index (Phi) is 6.33. The monoisotopic (exact) mass is 350 g/mol. The van der Waals surface area contributed by atoms with E-state index in [1.165, 1.54) is 6.07 Å². The Bertz CT molecular complexity index is 557. The van der Waals surface area contributed by atoms with Crippen molar-refractivity contribution in [3.63, 3.8) is 0 Å². The maximum atomic E-state index is 13.8. The van der Waals surface area contributed by atoms with Gasteiger partial charge in [0.1, 0.15) is 5.82 Å². The normalized spacial score (nSPS) is 12.3. The molecule has 2 rings (SSSR count). The molecule has 0 amide bonds. The van der Waals surface area contributed by atoms with Crippen molar-refractivity contribution in [3.05, 3.63) is 64.1 Å². The molecule has 2 aromatic rings. The molecule has 1 aromatic carbocycles. The zero-order chi connectivity index (χ0) is 15.1. The van der Waals surface area contributed by atoms with Crippen molar-refractivity contribution in [2.75, 3.05) is 13.1 Å². The molecule has 112 valence electrons. The van der Waals surface area contributed by atoms with Gasteiger partial charge in [-0.15, -0.1) is 0 Å². The van der Waals surface area contributed by atoms with Crippen molar-refractivity contribution in [1.82, 2.24) is 10.3 Å². The highest BCUT2D eigenvalue weighted by molar-refractivity contribution is 9.10. The van der Waals surface area contributed by atoms with E-state index in [9.17, 15) is 4.39 Å². The molecule has 1 aromatic heterocycles. The van der Waals surface area contributed by atoms with Crippen LogP contribution in [-0.2, 0) is 12.8 Å². The van der Waals surface area contributed by atoms with Crippen molar-refractivity contribution >= 4 is 15.9 Å². The first-order valence-corrected chi connectivity index (χ1v) is 8.03. The number of aromatic nitrogens is 1. The van der Waals surface area contributed by atoms with Crippen molar-refractivity contribution < 1.29 is 4.39 Å². The Morgan fingerprint density at radius 3 is 2.67 bits per heavy atom. The second-order valence-corrected chi connectivity index (χ2v) is 6.06. The Balaban J connectivity index is 2.07. The lowest BCUT2D eigenvalue weighted by Crippen LogP contribution is -2.26. The van der Waals surface area contributed by atoms with E-state index in [0.717, 1.165) is 41.7 Å². The maximum Gasteiger partial charge on any atom is 0.126 e. The summed E-state index contributed by atoms with van der Waals surface area (Å²) in [6, 6.07) is 11.0. The van der Waals surface area contributed by atoms with Gasteiger partial charge in [0, 0.05) is 16.4 Å². The van der Waals surface area contributed by atoms with Gasteiger partial charge in [-0.1, -0.05) is 25.1 Å². The summed E-state index contributed by atoms with van der Waals surface area (Å²) in [5.41, 5.74) is 1.81. The van der Waals surface area contributed by atoms with E-state index >= 15 is 0 Å². The Hall–Kier alpha value is -1.26. The number of nitrogens with zero attached hydrogens (tertiary/aromatic N) is 1. The third-order valence-corrected chi connectivity index (χ3v) is 3.90. The first-order valence-electron chi connectivity index (χ1n) is 7.23. The molecule has 0 spiro atoms. The third kappa shape index (κ3) is 5.21. The van der Waals surface area contributed by atoms with E-state index in [1.54, 1.807) is 6.07 Å². The van der Waals surface area contributed by atoms with Gasteiger partial charge in [0.05, 0.1) is 0 Å². The van der Waals surface area contributed by atoms with Crippen LogP contribution in [-0.4, -0.2) is 18.1 Å². The van der Waals surface area contributed by atoms with Crippen LogP contribution in [0.25, 0.3) is 0 Å². The smallest absolute Gasteiger partial charge is 0.126 e. The summed E-state index contributed by atoms with van der Waals surface area (Å²) in [7, 11) is 0. The number of hydrogen-bond acceptors (Lipinski definition) is 2. The van der Waals surface area contributed by atoms with Crippen LogP contribution < -0.4 is 5.32 Å². The number of pyridine rings is 1. The minimum absolute atomic E-state index is 0.122. The first kappa shape index (κ1) is 16.1. The van der Waals surface area contributed by atoms with Crippen LogP contribution in [0.5, 0.6) is 0 Å². The van der Waals surface area contributed by atoms with Gasteiger partial charge in [-0.3, -0.25) is 4.98 Å². The lowest BCUT2D eigenvalue weighted by Gasteiger charge is -2.17. The van der Waals surface area contributed by atoms with Gasteiger partial charge in [-0.25, -0.2) is 4.39 Å². The fraction of sp³-hybridized carbons (Fsp3) is 0.353. The average Bonchev–Trinajstić information content (AvgIpc) is 2.49. The predicted octanol–water partition coefficient (Wildman–Crippen LogP) is 3.99. The van der Waals surface area contributed by atoms with E-state index in [4.69, 9.17) is 0 Å². The summed E-state index contributed by atoms with van der Waals surface area (Å²) in [5, 5.41) is 3.36. The second kappa shape index (κ2) is 8.25. The summed E-state index contributed by atoms with van der Waals surface area (Å²) >= 11 is 3.39. The van der Waals surface area contributed by atoms with E-state index in [1.807, 2.05) is 30.5 Å². The van der Waals surface area contributed by atoms with Crippen LogP contribution in [0.1, 0.15) is 18.2 Å². The molecule has 1 heterocycles. The van der Waals surface area contributed by atoms with Crippen LogP contribution in [0, 0.1) is 11.7 Å². The molecule has 2 nitrogen and oxygen atoms in total. The number of benzene rings is 1. The third-order valence-electron chi connectivity index (χ3n) is 3.44. The Morgan fingerprint density at radius 1 is 1.19 bits per heavy atom. The molecule has 0 radical (unpaired) electrons. The van der Waals surface area contributed by atoms with Gasteiger partial charge >= 0.3 is 0 Å². The summed E-state index contributed by atoms with van der Waals surface area (Å²) in [6.45, 7) is 3.86. The number of hydrogen-bond donors (Lipinski definition) is 1. The van der Waals surface area contributed by atoms with E-state index in [2.05, 4.69) is 33.2 Å². The van der Waals surface area contributed by atoms with E-state index in [-0.39, 0.29) is 5.82 Å². The van der Waals surface area contributed by atoms with Crippen LogP contribution in [0.3, 0.4) is 0 Å². The molecule has 0 aliphatic heterocycles. The standard InChI is InChI=1S/C17H20BrFN2/c1-2-20-11-13(9-14-5-3-4-6-17(14)19)10-16-8-7-15(18)12-21-16/h3-8,12-13,20H,2,9-11H2,1H3. The van der Waals surface area contributed by atoms with Gasteiger partial charge < -0.3 is 5.32 Å². The zero-order valence-corrected chi connectivity index (χ0v) is 13.7. The quantitative estimate of drug-likeness (QED) is 0.816. The van der Waals surface area contributed by atoms with Gasteiger partial charge in [0.15, 0.2) is 0 Å². The molecule has 0 aliphatic carbocycles. The maximum absolute atomic E-state index is 13.8. The number of rotatable bonds is 7. The van der Waals surface area contributed by atoms with E-state index < -0.39 is 0 Å². The molecule has 1 N–H and O–H groups in total. The first-order chi connectivity index (χ1) is 10.2. The zero-order valence-electron chi connectivity index (χ0n) is 12.2. The molecule has 21 heavy (non-hydrogen) atoms. The Labute approximate surface area is 133 Å². The second-order valence-electron chi connectivity index (χ2n) is 5.14. The molecule has 0 saturated heterocycles. The molecule has 0 bridgehead atoms. The number of nitrogens with one attached hydrogen (secondary N) is 1. The SMILES string of the molecule is CCNCC(Cc1ccc(Br)cn1)Cc1ccccc1F. The van der Waals surface area contributed by atoms with Crippen LogP contribution in [0.4, 0.5) is 4.39 Å². The molecule has 1 unspecified atom stereocenters.